The van der Waals surface area contributed by atoms with Crippen molar-refractivity contribution in [3.05, 3.63) is 82.1 Å². The normalized spacial score (nSPS) is 12.1. The molecule has 0 spiro atoms. The highest BCUT2D eigenvalue weighted by molar-refractivity contribution is 6.31. The lowest BCUT2D eigenvalue weighted by atomic mass is 9.99. The first-order valence-corrected chi connectivity index (χ1v) is 12.0. The molecular formula is C26H24ClN7O3. The van der Waals surface area contributed by atoms with Gasteiger partial charge in [-0.2, -0.15) is 9.78 Å². The molecule has 0 saturated carbocycles. The number of rotatable bonds is 8. The Balaban J connectivity index is 1.52. The van der Waals surface area contributed by atoms with Crippen LogP contribution >= 0.6 is 11.6 Å². The van der Waals surface area contributed by atoms with Gasteiger partial charge in [0.05, 0.1) is 30.6 Å². The molecule has 0 saturated heterocycles. The minimum Gasteiger partial charge on any atom is -0.495 e. The van der Waals surface area contributed by atoms with Crippen molar-refractivity contribution < 1.29 is 9.53 Å². The third kappa shape index (κ3) is 4.75. The molecule has 3 aromatic heterocycles. The van der Waals surface area contributed by atoms with Crippen molar-refractivity contribution in [2.24, 2.45) is 7.05 Å². The van der Waals surface area contributed by atoms with Crippen LogP contribution in [0.15, 0.2) is 66.0 Å². The van der Waals surface area contributed by atoms with Gasteiger partial charge < -0.3 is 9.30 Å². The van der Waals surface area contributed by atoms with Crippen LogP contribution in [0.25, 0.3) is 27.7 Å². The van der Waals surface area contributed by atoms with Crippen LogP contribution in [0.5, 0.6) is 5.75 Å². The van der Waals surface area contributed by atoms with E-state index in [4.69, 9.17) is 16.3 Å². The minimum atomic E-state index is -0.654. The maximum absolute atomic E-state index is 13.4. The van der Waals surface area contributed by atoms with E-state index in [1.165, 1.54) is 28.8 Å². The standard InChI is InChI=1S/C26H24ClN7O3/c1-4-22(24(35)10-16-5-7-21-17(9-16)13-32(2)29-21)33-14-25(37-3)20(12-26(33)36)19-11-18(27)6-8-23(19)34-15-28-30-31-34/h5-9,11-15,22H,4,10H2,1-3H3/t22-/m0/s1. The van der Waals surface area contributed by atoms with Crippen molar-refractivity contribution in [3.8, 4) is 22.6 Å². The van der Waals surface area contributed by atoms with Crippen LogP contribution in [-0.2, 0) is 18.3 Å². The Bertz CT molecular complexity index is 1660. The Hall–Kier alpha value is -4.31. The predicted molar refractivity (Wildman–Crippen MR) is 139 cm³/mol. The van der Waals surface area contributed by atoms with E-state index in [0.717, 1.165) is 16.5 Å². The number of nitrogens with zero attached hydrogens (tertiary/aromatic N) is 7. The van der Waals surface area contributed by atoms with E-state index in [-0.39, 0.29) is 17.8 Å². The number of aryl methyl sites for hydroxylation is 1. The molecule has 0 aliphatic carbocycles. The Kier molecular flexibility index (Phi) is 6.58. The molecule has 5 rings (SSSR count). The largest absolute Gasteiger partial charge is 0.495 e. The summed E-state index contributed by atoms with van der Waals surface area (Å²) in [4.78, 5) is 26.7. The monoisotopic (exact) mass is 517 g/mol. The van der Waals surface area contributed by atoms with Crippen molar-refractivity contribution in [1.29, 1.82) is 0 Å². The van der Waals surface area contributed by atoms with Crippen LogP contribution in [0.1, 0.15) is 24.9 Å². The summed E-state index contributed by atoms with van der Waals surface area (Å²) in [6.07, 6.45) is 5.59. The van der Waals surface area contributed by atoms with Crippen molar-refractivity contribution in [1.82, 2.24) is 34.6 Å². The van der Waals surface area contributed by atoms with Gasteiger partial charge in [0.1, 0.15) is 12.1 Å². The van der Waals surface area contributed by atoms with Gasteiger partial charge in [0, 0.05) is 47.3 Å². The molecule has 0 bridgehead atoms. The molecule has 37 heavy (non-hydrogen) atoms. The first kappa shape index (κ1) is 24.4. The van der Waals surface area contributed by atoms with Gasteiger partial charge in [-0.25, -0.2) is 0 Å². The zero-order valence-electron chi connectivity index (χ0n) is 20.5. The maximum Gasteiger partial charge on any atom is 0.252 e. The fourth-order valence-electron chi connectivity index (χ4n) is 4.55. The molecule has 1 atom stereocenters. The number of ketones is 1. The van der Waals surface area contributed by atoms with E-state index in [1.807, 2.05) is 38.4 Å². The van der Waals surface area contributed by atoms with E-state index in [9.17, 15) is 9.59 Å². The van der Waals surface area contributed by atoms with Crippen molar-refractivity contribution in [2.45, 2.75) is 25.8 Å². The number of aromatic nitrogens is 7. The fraction of sp³-hybridized carbons (Fsp3) is 0.231. The summed E-state index contributed by atoms with van der Waals surface area (Å²) in [5.41, 5.74) is 3.15. The van der Waals surface area contributed by atoms with E-state index < -0.39 is 6.04 Å². The van der Waals surface area contributed by atoms with Gasteiger partial charge in [-0.3, -0.25) is 14.3 Å². The van der Waals surface area contributed by atoms with Gasteiger partial charge in [-0.15, -0.1) is 5.10 Å². The number of carbonyl (C=O) groups is 1. The first-order chi connectivity index (χ1) is 17.9. The number of pyridine rings is 1. The second-order valence-corrected chi connectivity index (χ2v) is 9.12. The number of carbonyl (C=O) groups excluding carboxylic acids is 1. The van der Waals surface area contributed by atoms with Gasteiger partial charge in [0.15, 0.2) is 5.78 Å². The second kappa shape index (κ2) is 9.98. The van der Waals surface area contributed by atoms with Gasteiger partial charge in [0.25, 0.3) is 5.56 Å². The molecule has 0 fully saturated rings. The van der Waals surface area contributed by atoms with Crippen molar-refractivity contribution in [2.75, 3.05) is 7.11 Å². The Morgan fingerprint density at radius 2 is 1.95 bits per heavy atom. The van der Waals surface area contributed by atoms with Crippen LogP contribution < -0.4 is 10.3 Å². The number of methoxy groups -OCH3 is 1. The predicted octanol–water partition coefficient (Wildman–Crippen LogP) is 3.80. The summed E-state index contributed by atoms with van der Waals surface area (Å²) in [6, 6.07) is 11.7. The Morgan fingerprint density at radius 1 is 1.11 bits per heavy atom. The maximum atomic E-state index is 13.4. The topological polar surface area (TPSA) is 110 Å². The third-order valence-corrected chi connectivity index (χ3v) is 6.50. The van der Waals surface area contributed by atoms with Crippen LogP contribution in [0.3, 0.4) is 0 Å². The highest BCUT2D eigenvalue weighted by atomic mass is 35.5. The van der Waals surface area contributed by atoms with E-state index in [0.29, 0.717) is 34.0 Å². The molecule has 0 aliphatic heterocycles. The summed E-state index contributed by atoms with van der Waals surface area (Å²) in [5, 5.41) is 17.2. The quantitative estimate of drug-likeness (QED) is 0.308. The Labute approximate surface area is 217 Å². The number of benzene rings is 2. The molecule has 11 heteroatoms. The number of tetrazole rings is 1. The zero-order chi connectivity index (χ0) is 26.1. The second-order valence-electron chi connectivity index (χ2n) is 8.68. The number of fused-ring (bicyclic) bond motifs is 1. The Morgan fingerprint density at radius 3 is 2.68 bits per heavy atom. The number of hydrogen-bond acceptors (Lipinski definition) is 7. The molecule has 188 valence electrons. The molecule has 0 aliphatic rings. The number of ether oxygens (including phenoxy) is 1. The van der Waals surface area contributed by atoms with Crippen LogP contribution in [0.4, 0.5) is 0 Å². The van der Waals surface area contributed by atoms with Gasteiger partial charge in [-0.1, -0.05) is 24.6 Å². The molecule has 0 radical (unpaired) electrons. The minimum absolute atomic E-state index is 0.0697. The summed E-state index contributed by atoms with van der Waals surface area (Å²) in [7, 11) is 3.37. The summed E-state index contributed by atoms with van der Waals surface area (Å²) in [5.74, 6) is 0.346. The third-order valence-electron chi connectivity index (χ3n) is 6.26. The van der Waals surface area contributed by atoms with Crippen molar-refractivity contribution in [3.63, 3.8) is 0 Å². The SMILES string of the molecule is CC[C@@H](C(=O)Cc1ccc2nn(C)cc2c1)n1cc(OC)c(-c2cc(Cl)ccc2-n2cnnn2)cc1=O. The average Bonchev–Trinajstić information content (AvgIpc) is 3.54. The summed E-state index contributed by atoms with van der Waals surface area (Å²) in [6.45, 7) is 1.88. The number of Topliss-reactive ketones (excluding diaryl/α,β-unsaturated/α-hetero) is 1. The summed E-state index contributed by atoms with van der Waals surface area (Å²) >= 11 is 6.29. The number of halogens is 1. The van der Waals surface area contributed by atoms with Crippen LogP contribution in [0, 0.1) is 0 Å². The van der Waals surface area contributed by atoms with Gasteiger partial charge in [0.2, 0.25) is 0 Å². The highest BCUT2D eigenvalue weighted by Crippen LogP contribution is 2.35. The number of hydrogen-bond donors (Lipinski definition) is 0. The van der Waals surface area contributed by atoms with E-state index in [1.54, 1.807) is 29.1 Å². The molecule has 3 heterocycles. The lowest BCUT2D eigenvalue weighted by Gasteiger charge is -2.20. The molecule has 0 unspecified atom stereocenters. The highest BCUT2D eigenvalue weighted by Gasteiger charge is 2.23. The lowest BCUT2D eigenvalue weighted by Crippen LogP contribution is -2.30. The van der Waals surface area contributed by atoms with E-state index >= 15 is 0 Å². The molecule has 5 aromatic rings. The van der Waals surface area contributed by atoms with Gasteiger partial charge >= 0.3 is 0 Å². The zero-order valence-corrected chi connectivity index (χ0v) is 21.3. The van der Waals surface area contributed by atoms with Crippen LogP contribution in [-0.4, -0.2) is 47.4 Å². The fourth-order valence-corrected chi connectivity index (χ4v) is 4.72. The summed E-state index contributed by atoms with van der Waals surface area (Å²) < 4.78 is 10.3. The molecule has 10 nitrogen and oxygen atoms in total. The van der Waals surface area contributed by atoms with Crippen molar-refractivity contribution >= 4 is 28.3 Å². The van der Waals surface area contributed by atoms with Gasteiger partial charge in [-0.05, 0) is 52.7 Å². The molecular weight excluding hydrogens is 494 g/mol. The van der Waals surface area contributed by atoms with E-state index in [2.05, 4.69) is 20.6 Å². The lowest BCUT2D eigenvalue weighted by molar-refractivity contribution is -0.121. The molecule has 0 N–H and O–H groups in total. The smallest absolute Gasteiger partial charge is 0.252 e. The van der Waals surface area contributed by atoms with Crippen LogP contribution in [0.2, 0.25) is 5.02 Å². The first-order valence-electron chi connectivity index (χ1n) is 11.7. The average molecular weight is 518 g/mol. The molecule has 2 aromatic carbocycles. The molecule has 0 amide bonds.